The third-order valence-electron chi connectivity index (χ3n) is 12.1. The van der Waals surface area contributed by atoms with E-state index in [1.807, 2.05) is 97.1 Å². The van der Waals surface area contributed by atoms with Gasteiger partial charge in [0.05, 0.1) is 36.5 Å². The van der Waals surface area contributed by atoms with Gasteiger partial charge in [-0.05, 0) is 81.5 Å². The smallest absolute Gasteiger partial charge is 0.209 e. The monoisotopic (exact) mass is 785 g/mol. The van der Waals surface area contributed by atoms with Crippen molar-refractivity contribution in [2.24, 2.45) is 0 Å². The number of Topliss-reactive ketones (excluding diaryl/α,β-unsaturated/α-hetero) is 1. The molecule has 58 heavy (non-hydrogen) atoms. The van der Waals surface area contributed by atoms with E-state index in [1.165, 1.54) is 0 Å². The number of hydrogen-bond donors (Lipinski definition) is 1. The molecule has 2 heterocycles. The average molecular weight is 786 g/mol. The number of benzene rings is 4. The van der Waals surface area contributed by atoms with E-state index in [9.17, 15) is 18.7 Å². The number of nitrogens with zero attached hydrogens (tertiary/aromatic N) is 2. The van der Waals surface area contributed by atoms with Crippen LogP contribution in [-0.2, 0) is 15.6 Å². The van der Waals surface area contributed by atoms with Crippen LogP contribution >= 0.6 is 0 Å². The largest absolute Gasteiger partial charge is 0.506 e. The fourth-order valence-corrected chi connectivity index (χ4v) is 8.99. The Labute approximate surface area is 341 Å². The van der Waals surface area contributed by atoms with Gasteiger partial charge in [0.2, 0.25) is 11.5 Å². The minimum atomic E-state index is -0.484. The number of fused-ring (bicyclic) bond motifs is 2. The summed E-state index contributed by atoms with van der Waals surface area (Å²) in [6.07, 6.45) is 9.45. The zero-order valence-electron chi connectivity index (χ0n) is 33.8. The summed E-state index contributed by atoms with van der Waals surface area (Å²) in [6, 6.07) is 36.0. The van der Waals surface area contributed by atoms with Gasteiger partial charge < -0.3 is 19.5 Å². The van der Waals surface area contributed by atoms with Gasteiger partial charge in [-0.25, -0.2) is 0 Å². The Bertz CT molecular complexity index is 2200. The molecule has 0 saturated carbocycles. The Kier molecular flexibility index (Phi) is 12.9. The van der Waals surface area contributed by atoms with Crippen molar-refractivity contribution in [3.05, 3.63) is 155 Å². The maximum absolute atomic E-state index is 14.4. The van der Waals surface area contributed by atoms with Gasteiger partial charge in [0.25, 0.3) is 0 Å². The van der Waals surface area contributed by atoms with Crippen molar-refractivity contribution in [1.29, 1.82) is 0 Å². The Morgan fingerprint density at radius 2 is 1.24 bits per heavy atom. The van der Waals surface area contributed by atoms with E-state index in [0.717, 1.165) is 83.9 Å². The van der Waals surface area contributed by atoms with Crippen molar-refractivity contribution in [3.8, 4) is 11.5 Å². The molecule has 2 unspecified atom stereocenters. The molecule has 2 aliphatic heterocycles. The van der Waals surface area contributed by atoms with Crippen LogP contribution in [0.2, 0.25) is 0 Å². The van der Waals surface area contributed by atoms with Crippen molar-refractivity contribution in [3.63, 3.8) is 0 Å². The Morgan fingerprint density at radius 3 is 1.88 bits per heavy atom. The molecule has 4 aromatic carbocycles. The van der Waals surface area contributed by atoms with Crippen LogP contribution in [0.3, 0.4) is 0 Å². The molecule has 7 rings (SSSR count). The number of aliphatic hydroxyl groups is 1. The standard InChI is InChI=1S/C50H54F2N2O4/c1-49(27-15-5-17-29-51)41-23-11-13-25-43(41)53(31-33-57-37-19-7-3-8-20-37)45(49)35-39-47(55)40(48(39)56)36-46-50(2,28-16-6-18-30-52)42-24-12-14-26-44(42)54(46)32-34-58-38-21-9-4-10-22-38/h3-4,7-14,19-26,35-36H,5-6,15-18,27-34H2,1-2H3/p+1. The molecule has 1 N–H and O–H groups in total. The lowest BCUT2D eigenvalue weighted by molar-refractivity contribution is -0.440. The first kappa shape index (κ1) is 40.7. The minimum absolute atomic E-state index is 0.0301. The van der Waals surface area contributed by atoms with E-state index < -0.39 is 10.8 Å². The van der Waals surface area contributed by atoms with Crippen LogP contribution in [0.15, 0.2) is 144 Å². The molecule has 0 spiro atoms. The zero-order chi connectivity index (χ0) is 40.5. The number of rotatable bonds is 20. The topological polar surface area (TPSA) is 62.0 Å². The first-order valence-corrected chi connectivity index (χ1v) is 20.8. The van der Waals surface area contributed by atoms with Gasteiger partial charge in [0.1, 0.15) is 30.5 Å². The second-order valence-electron chi connectivity index (χ2n) is 15.9. The summed E-state index contributed by atoms with van der Waals surface area (Å²) in [6.45, 7) is 5.56. The van der Waals surface area contributed by atoms with E-state index in [1.54, 1.807) is 0 Å². The normalized spacial score (nSPS) is 21.2. The molecule has 4 aromatic rings. The molecular formula is C50H55F2N2O4+. The molecule has 3 aliphatic rings. The maximum atomic E-state index is 14.4. The fourth-order valence-electron chi connectivity index (χ4n) is 8.99. The molecule has 2 atom stereocenters. The molecule has 0 radical (unpaired) electrons. The van der Waals surface area contributed by atoms with Gasteiger partial charge in [-0.3, -0.25) is 13.6 Å². The number of allylic oxidation sites excluding steroid dienone is 5. The maximum Gasteiger partial charge on any atom is 0.209 e. The van der Waals surface area contributed by atoms with Gasteiger partial charge in [-0.1, -0.05) is 98.5 Å². The van der Waals surface area contributed by atoms with E-state index in [0.29, 0.717) is 39.1 Å². The van der Waals surface area contributed by atoms with Crippen LogP contribution in [0.1, 0.15) is 76.3 Å². The van der Waals surface area contributed by atoms with Gasteiger partial charge in [-0.2, -0.15) is 4.58 Å². The molecule has 0 aromatic heterocycles. The van der Waals surface area contributed by atoms with Gasteiger partial charge >= 0.3 is 0 Å². The molecule has 8 heteroatoms. The van der Waals surface area contributed by atoms with Gasteiger partial charge in [0, 0.05) is 34.5 Å². The summed E-state index contributed by atoms with van der Waals surface area (Å²) < 4.78 is 40.9. The zero-order valence-corrected chi connectivity index (χ0v) is 33.8. The van der Waals surface area contributed by atoms with Crippen LogP contribution in [0.4, 0.5) is 20.2 Å². The van der Waals surface area contributed by atoms with Crippen molar-refractivity contribution >= 4 is 22.9 Å². The lowest BCUT2D eigenvalue weighted by Gasteiger charge is -2.32. The second kappa shape index (κ2) is 18.4. The molecule has 0 fully saturated rings. The summed E-state index contributed by atoms with van der Waals surface area (Å²) >= 11 is 0. The highest BCUT2D eigenvalue weighted by Crippen LogP contribution is 2.52. The highest BCUT2D eigenvalue weighted by atomic mass is 19.1. The highest BCUT2D eigenvalue weighted by molar-refractivity contribution is 6.24. The quantitative estimate of drug-likeness (QED) is 0.0549. The summed E-state index contributed by atoms with van der Waals surface area (Å²) in [5.41, 5.74) is 5.77. The van der Waals surface area contributed by atoms with Crippen molar-refractivity contribution in [1.82, 2.24) is 0 Å². The molecule has 0 amide bonds. The first-order chi connectivity index (χ1) is 28.3. The van der Waals surface area contributed by atoms with Crippen LogP contribution < -0.4 is 14.4 Å². The summed E-state index contributed by atoms with van der Waals surface area (Å²) in [4.78, 5) is 16.6. The van der Waals surface area contributed by atoms with Crippen molar-refractivity contribution < 1.29 is 32.7 Å². The number of carbonyl (C=O) groups excluding carboxylic acids is 1. The van der Waals surface area contributed by atoms with Crippen molar-refractivity contribution in [2.45, 2.75) is 76.0 Å². The third kappa shape index (κ3) is 8.25. The van der Waals surface area contributed by atoms with Crippen LogP contribution in [0.25, 0.3) is 0 Å². The third-order valence-corrected chi connectivity index (χ3v) is 12.1. The molecular weight excluding hydrogens is 731 g/mol. The minimum Gasteiger partial charge on any atom is -0.506 e. The number of aliphatic hydroxyl groups excluding tert-OH is 1. The molecule has 302 valence electrons. The summed E-state index contributed by atoms with van der Waals surface area (Å²) in [5, 5.41) is 11.9. The number of ether oxygens (including phenoxy) is 2. The predicted molar refractivity (Wildman–Crippen MR) is 228 cm³/mol. The fraction of sp³-hybridized carbons (Fsp3) is 0.360. The molecule has 1 aliphatic carbocycles. The van der Waals surface area contributed by atoms with Gasteiger partial charge in [-0.15, -0.1) is 0 Å². The summed E-state index contributed by atoms with van der Waals surface area (Å²) in [5.74, 6) is 1.31. The Morgan fingerprint density at radius 1 is 0.672 bits per heavy atom. The lowest BCUT2D eigenvalue weighted by atomic mass is 9.73. The lowest BCUT2D eigenvalue weighted by Crippen LogP contribution is -2.35. The number of alkyl halides is 2. The number of carbonyl (C=O) groups is 1. The average Bonchev–Trinajstić information content (AvgIpc) is 3.63. The second-order valence-corrected chi connectivity index (χ2v) is 15.9. The molecule has 0 bridgehead atoms. The van der Waals surface area contributed by atoms with E-state index in [4.69, 9.17) is 9.47 Å². The Hall–Kier alpha value is -5.50. The van der Waals surface area contributed by atoms with Crippen LogP contribution in [0, 0.1) is 0 Å². The van der Waals surface area contributed by atoms with Gasteiger partial charge in [0.15, 0.2) is 12.3 Å². The van der Waals surface area contributed by atoms with Crippen molar-refractivity contribution in [2.75, 3.05) is 44.6 Å². The number of anilines is 1. The summed E-state index contributed by atoms with van der Waals surface area (Å²) in [7, 11) is 0. The van der Waals surface area contributed by atoms with E-state index in [2.05, 4.69) is 47.6 Å². The number of ketones is 1. The molecule has 0 saturated heterocycles. The number of hydrogen-bond acceptors (Lipinski definition) is 5. The van der Waals surface area contributed by atoms with Crippen LogP contribution in [0.5, 0.6) is 11.5 Å². The van der Waals surface area contributed by atoms with E-state index in [-0.39, 0.29) is 36.0 Å². The number of unbranched alkanes of at least 4 members (excludes halogenated alkanes) is 4. The SMILES string of the molecule is CC1(CCCCCF)C(/C=C2\C(=O)C(/C=C3/N(CCOc4ccccc4)c4ccccc4C3(C)CCCCCF)=C2O)=[N+](CCOc2ccccc2)c2ccccc21. The first-order valence-electron chi connectivity index (χ1n) is 20.8. The molecule has 6 nitrogen and oxygen atoms in total. The predicted octanol–water partition coefficient (Wildman–Crippen LogP) is 11.2. The van der Waals surface area contributed by atoms with E-state index >= 15 is 0 Å². The van der Waals surface area contributed by atoms with Crippen LogP contribution in [-0.4, -0.2) is 60.8 Å². The Balaban J connectivity index is 1.26. The number of para-hydroxylation sites is 4. The highest BCUT2D eigenvalue weighted by Gasteiger charge is 2.49. The number of halogens is 2.